The zero-order chi connectivity index (χ0) is 17.2. The molecule has 1 aliphatic heterocycles. The van der Waals surface area contributed by atoms with E-state index in [1.54, 1.807) is 0 Å². The van der Waals surface area contributed by atoms with Gasteiger partial charge >= 0.3 is 12.1 Å². The molecule has 0 bridgehead atoms. The number of carbonyl (C=O) groups excluding carboxylic acids is 2. The highest BCUT2D eigenvalue weighted by Gasteiger charge is 2.39. The van der Waals surface area contributed by atoms with E-state index in [0.29, 0.717) is 6.07 Å². The van der Waals surface area contributed by atoms with E-state index in [1.165, 1.54) is 0 Å². The van der Waals surface area contributed by atoms with E-state index >= 15 is 0 Å². The zero-order valence-electron chi connectivity index (χ0n) is 11.6. The minimum absolute atomic E-state index is 0.0247. The zero-order valence-corrected chi connectivity index (χ0v) is 11.6. The number of hydrogen-bond acceptors (Lipinski definition) is 4. The average molecular weight is 331 g/mol. The molecule has 1 heterocycles. The van der Waals surface area contributed by atoms with Gasteiger partial charge in [-0.2, -0.15) is 13.2 Å². The quantitative estimate of drug-likeness (QED) is 0.819. The summed E-state index contributed by atoms with van der Waals surface area (Å²) < 4.78 is 44.4. The maximum absolute atomic E-state index is 13.2. The van der Waals surface area contributed by atoms with E-state index in [-0.39, 0.29) is 24.2 Å². The van der Waals surface area contributed by atoms with Crippen LogP contribution in [0.4, 0.5) is 13.2 Å². The van der Waals surface area contributed by atoms with Crippen molar-refractivity contribution in [3.8, 4) is 5.75 Å². The predicted octanol–water partition coefficient (Wildman–Crippen LogP) is 1.69. The standard InChI is InChI=1S/C14H12F3NO5/c15-14(16,17)10-5-7(23-6-12(20)21)1-2-8(10)9-3-4-11(19)18-13(9)22/h1-2,5,9H,3-4,6H2,(H,20,21)(H,18,19,22). The number of alkyl halides is 3. The molecule has 1 fully saturated rings. The van der Waals surface area contributed by atoms with Crippen molar-refractivity contribution >= 4 is 17.8 Å². The summed E-state index contributed by atoms with van der Waals surface area (Å²) in [6.45, 7) is -0.783. The van der Waals surface area contributed by atoms with Gasteiger partial charge < -0.3 is 9.84 Å². The molecule has 124 valence electrons. The first-order valence-corrected chi connectivity index (χ1v) is 6.58. The largest absolute Gasteiger partial charge is 0.482 e. The Morgan fingerprint density at radius 1 is 1.35 bits per heavy atom. The first-order valence-electron chi connectivity index (χ1n) is 6.58. The van der Waals surface area contributed by atoms with E-state index in [0.717, 1.165) is 12.1 Å². The lowest BCUT2D eigenvalue weighted by Gasteiger charge is -2.24. The smallest absolute Gasteiger partial charge is 0.416 e. The van der Waals surface area contributed by atoms with E-state index < -0.39 is 42.0 Å². The highest BCUT2D eigenvalue weighted by Crippen LogP contribution is 2.39. The molecule has 0 spiro atoms. The van der Waals surface area contributed by atoms with Crippen LogP contribution in [0.1, 0.15) is 29.9 Å². The number of hydrogen-bond donors (Lipinski definition) is 2. The van der Waals surface area contributed by atoms with Crippen LogP contribution in [-0.4, -0.2) is 29.5 Å². The van der Waals surface area contributed by atoms with Crippen LogP contribution in [0.25, 0.3) is 0 Å². The summed E-state index contributed by atoms with van der Waals surface area (Å²) in [5.41, 5.74) is -1.36. The van der Waals surface area contributed by atoms with Crippen molar-refractivity contribution in [2.45, 2.75) is 24.9 Å². The second kappa shape index (κ2) is 6.27. The fourth-order valence-corrected chi connectivity index (χ4v) is 2.31. The summed E-state index contributed by atoms with van der Waals surface area (Å²) in [7, 11) is 0. The van der Waals surface area contributed by atoms with Crippen LogP contribution in [0.15, 0.2) is 18.2 Å². The molecule has 9 heteroatoms. The highest BCUT2D eigenvalue weighted by atomic mass is 19.4. The fourth-order valence-electron chi connectivity index (χ4n) is 2.31. The maximum atomic E-state index is 13.2. The van der Waals surface area contributed by atoms with Gasteiger partial charge in [-0.3, -0.25) is 14.9 Å². The van der Waals surface area contributed by atoms with Gasteiger partial charge in [-0.15, -0.1) is 0 Å². The lowest BCUT2D eigenvalue weighted by atomic mass is 9.87. The Morgan fingerprint density at radius 3 is 2.61 bits per heavy atom. The van der Waals surface area contributed by atoms with Gasteiger partial charge in [0.25, 0.3) is 0 Å². The molecule has 6 nitrogen and oxygen atoms in total. The number of nitrogens with one attached hydrogen (secondary N) is 1. The van der Waals surface area contributed by atoms with Crippen molar-refractivity contribution in [3.63, 3.8) is 0 Å². The van der Waals surface area contributed by atoms with Gasteiger partial charge in [0.2, 0.25) is 11.8 Å². The molecule has 0 radical (unpaired) electrons. The molecule has 1 saturated heterocycles. The average Bonchev–Trinajstić information content (AvgIpc) is 2.44. The van der Waals surface area contributed by atoms with Crippen LogP contribution >= 0.6 is 0 Å². The number of carboxylic acids is 1. The molecular weight excluding hydrogens is 319 g/mol. The van der Waals surface area contributed by atoms with Crippen molar-refractivity contribution < 1.29 is 37.4 Å². The number of amides is 2. The van der Waals surface area contributed by atoms with Gasteiger partial charge in [-0.1, -0.05) is 6.07 Å². The molecule has 1 aliphatic rings. The number of piperidine rings is 1. The molecule has 2 N–H and O–H groups in total. The number of carboxylic acid groups (broad SMARTS) is 1. The number of rotatable bonds is 4. The Kier molecular flexibility index (Phi) is 4.57. The third-order valence-electron chi connectivity index (χ3n) is 3.31. The first-order chi connectivity index (χ1) is 10.7. The van der Waals surface area contributed by atoms with Crippen molar-refractivity contribution in [2.24, 2.45) is 0 Å². The Balaban J connectivity index is 2.37. The summed E-state index contributed by atoms with van der Waals surface area (Å²) >= 11 is 0. The minimum Gasteiger partial charge on any atom is -0.482 e. The molecule has 0 aromatic heterocycles. The molecule has 1 atom stereocenters. The van der Waals surface area contributed by atoms with Gasteiger partial charge in [-0.05, 0) is 24.1 Å². The maximum Gasteiger partial charge on any atom is 0.416 e. The molecule has 0 aliphatic carbocycles. The van der Waals surface area contributed by atoms with Gasteiger partial charge in [0.15, 0.2) is 6.61 Å². The highest BCUT2D eigenvalue weighted by molar-refractivity contribution is 6.01. The van der Waals surface area contributed by atoms with E-state index in [9.17, 15) is 27.6 Å². The van der Waals surface area contributed by atoms with Gasteiger partial charge in [0.05, 0.1) is 11.5 Å². The van der Waals surface area contributed by atoms with E-state index in [4.69, 9.17) is 9.84 Å². The Hall–Kier alpha value is -2.58. The van der Waals surface area contributed by atoms with Crippen molar-refractivity contribution in [3.05, 3.63) is 29.3 Å². The Bertz CT molecular complexity index is 656. The fraction of sp³-hybridized carbons (Fsp3) is 0.357. The van der Waals surface area contributed by atoms with Crippen LogP contribution in [0, 0.1) is 0 Å². The third-order valence-corrected chi connectivity index (χ3v) is 3.31. The normalized spacial score (nSPS) is 18.5. The molecule has 0 saturated carbocycles. The van der Waals surface area contributed by atoms with Crippen molar-refractivity contribution in [1.82, 2.24) is 5.32 Å². The molecule has 2 amide bonds. The lowest BCUT2D eigenvalue weighted by Crippen LogP contribution is -2.40. The predicted molar refractivity (Wildman–Crippen MR) is 69.7 cm³/mol. The van der Waals surface area contributed by atoms with Gasteiger partial charge in [-0.25, -0.2) is 4.79 Å². The molecule has 1 aromatic rings. The van der Waals surface area contributed by atoms with Crippen LogP contribution in [-0.2, 0) is 20.6 Å². The van der Waals surface area contributed by atoms with Crippen LogP contribution in [0.2, 0.25) is 0 Å². The molecule has 1 unspecified atom stereocenters. The summed E-state index contributed by atoms with van der Waals surface area (Å²) in [5.74, 6) is -4.01. The number of halogens is 3. The van der Waals surface area contributed by atoms with Crippen LogP contribution in [0.3, 0.4) is 0 Å². The molecular formula is C14H12F3NO5. The number of carbonyl (C=O) groups is 3. The number of aliphatic carboxylic acids is 1. The number of benzene rings is 1. The molecule has 2 rings (SSSR count). The number of ether oxygens (including phenoxy) is 1. The summed E-state index contributed by atoms with van der Waals surface area (Å²) in [6, 6.07) is 2.89. The van der Waals surface area contributed by atoms with Crippen molar-refractivity contribution in [2.75, 3.05) is 6.61 Å². The summed E-state index contributed by atoms with van der Waals surface area (Å²) in [6.07, 6.45) is -4.83. The second-order valence-corrected chi connectivity index (χ2v) is 4.93. The number of imide groups is 1. The topological polar surface area (TPSA) is 92.7 Å². The molecule has 23 heavy (non-hydrogen) atoms. The minimum atomic E-state index is -4.75. The Labute approximate surface area is 128 Å². The van der Waals surface area contributed by atoms with Gasteiger partial charge in [0.1, 0.15) is 5.75 Å². The van der Waals surface area contributed by atoms with Crippen LogP contribution in [0.5, 0.6) is 5.75 Å². The third kappa shape index (κ3) is 3.99. The van der Waals surface area contributed by atoms with Crippen LogP contribution < -0.4 is 10.1 Å². The molecule has 1 aromatic carbocycles. The van der Waals surface area contributed by atoms with Crippen molar-refractivity contribution in [1.29, 1.82) is 0 Å². The summed E-state index contributed by atoms with van der Waals surface area (Å²) in [5, 5.41) is 10.5. The van der Waals surface area contributed by atoms with E-state index in [2.05, 4.69) is 0 Å². The second-order valence-electron chi connectivity index (χ2n) is 4.93. The first kappa shape index (κ1) is 16.8. The SMILES string of the molecule is O=C(O)COc1ccc(C2CCC(=O)NC2=O)c(C(F)(F)F)c1. The monoisotopic (exact) mass is 331 g/mol. The Morgan fingerprint density at radius 2 is 2.04 bits per heavy atom. The lowest BCUT2D eigenvalue weighted by molar-refractivity contribution is -0.139. The van der Waals surface area contributed by atoms with E-state index in [1.807, 2.05) is 5.32 Å². The summed E-state index contributed by atoms with van der Waals surface area (Å²) in [4.78, 5) is 33.3. The van der Waals surface area contributed by atoms with Gasteiger partial charge in [0, 0.05) is 6.42 Å².